The van der Waals surface area contributed by atoms with Crippen molar-refractivity contribution in [3.05, 3.63) is 0 Å². The molecule has 0 aromatic heterocycles. The zero-order valence-electron chi connectivity index (χ0n) is 71.2. The molecule has 0 aliphatic carbocycles. The Morgan fingerprint density at radius 2 is 0.359 bits per heavy atom. The van der Waals surface area contributed by atoms with E-state index in [1.165, 1.54) is 36.6 Å². The molecule has 0 bridgehead atoms. The Balaban J connectivity index is -0.0000000933. The number of carbonyl (C=O) groups is 6. The quantitative estimate of drug-likeness (QED) is 0.0174. The molecule has 716 valence electrons. The molecular formula is C69H158IN7O40. The Morgan fingerprint density at radius 1 is 0.248 bits per heavy atom. The van der Waals surface area contributed by atoms with Gasteiger partial charge in [-0.3, -0.25) is 96.5 Å². The molecule has 47 nitrogen and oxygen atoms in total. The maximum absolute atomic E-state index is 9.60. The predicted molar refractivity (Wildman–Crippen MR) is 432 cm³/mol. The molecule has 0 rings (SSSR count). The number of hydrogen-bond donors (Lipinski definition) is 20. The van der Waals surface area contributed by atoms with Crippen molar-refractivity contribution < 1.29 is 199 Å². The molecule has 0 aliphatic rings. The number of hydroxylamine groups is 14. The van der Waals surface area contributed by atoms with Crippen molar-refractivity contribution in [1.82, 2.24) is 36.6 Å². The van der Waals surface area contributed by atoms with Crippen LogP contribution in [0.25, 0.3) is 0 Å². The molecule has 0 atom stereocenters. The highest BCUT2D eigenvalue weighted by molar-refractivity contribution is 14.0. The van der Waals surface area contributed by atoms with E-state index in [1.807, 2.05) is 6.92 Å². The van der Waals surface area contributed by atoms with Crippen molar-refractivity contribution in [1.29, 1.82) is 0 Å². The van der Waals surface area contributed by atoms with Crippen molar-refractivity contribution >= 4 is 60.3 Å². The minimum Gasteiger partial charge on any atom is -0.483 e. The van der Waals surface area contributed by atoms with Gasteiger partial charge in [0.25, 0.3) is 12.4 Å². The van der Waals surface area contributed by atoms with Gasteiger partial charge in [-0.2, -0.15) is 0 Å². The van der Waals surface area contributed by atoms with Crippen LogP contribution in [0.2, 0.25) is 0 Å². The number of aliphatic hydroxyl groups excluding tert-OH is 14. The van der Waals surface area contributed by atoms with Crippen molar-refractivity contribution in [3.8, 4) is 0 Å². The van der Waals surface area contributed by atoms with Gasteiger partial charge in [0.1, 0.15) is 6.42 Å². The maximum atomic E-state index is 9.60. The molecule has 0 radical (unpaired) electrons. The summed E-state index contributed by atoms with van der Waals surface area (Å²) in [6, 6.07) is 0. The highest BCUT2D eigenvalue weighted by Crippen LogP contribution is 2.03. The third kappa shape index (κ3) is 171. The second-order valence-electron chi connectivity index (χ2n) is 21.1. The van der Waals surface area contributed by atoms with E-state index in [-0.39, 0.29) is 222 Å². The number of aliphatic carboxylic acids is 5. The first kappa shape index (κ1) is 142. The zero-order valence-corrected chi connectivity index (χ0v) is 73.5. The summed E-state index contributed by atoms with van der Waals surface area (Å²) in [6.45, 7) is 25.8. The summed E-state index contributed by atoms with van der Waals surface area (Å²) < 4.78 is 0. The average molecular weight is 1850 g/mol. The van der Waals surface area contributed by atoms with Gasteiger partial charge < -0.3 is 102 Å². The molecule has 48 heteroatoms. The highest BCUT2D eigenvalue weighted by Gasteiger charge is 2.10. The normalized spacial score (nSPS) is 10.1. The molecule has 0 aromatic rings. The lowest BCUT2D eigenvalue weighted by Gasteiger charge is -2.19. The second kappa shape index (κ2) is 138. The van der Waals surface area contributed by atoms with Crippen LogP contribution in [0.3, 0.4) is 0 Å². The zero-order chi connectivity index (χ0) is 91.0. The smallest absolute Gasteiger partial charge is 0.314 e. The average Bonchev–Trinajstić information content (AvgIpc) is 1.05. The number of hydrogen-bond acceptors (Lipinski definition) is 41. The van der Waals surface area contributed by atoms with Crippen molar-refractivity contribution in [3.63, 3.8) is 0 Å². The van der Waals surface area contributed by atoms with Crippen LogP contribution in [0.4, 0.5) is 0 Å². The van der Waals surface area contributed by atoms with E-state index in [0.29, 0.717) is 52.2 Å². The third-order valence-corrected chi connectivity index (χ3v) is 10.5. The lowest BCUT2D eigenvalue weighted by molar-refractivity contribution is -0.371. The summed E-state index contributed by atoms with van der Waals surface area (Å²) in [7, 11) is 0. The van der Waals surface area contributed by atoms with Gasteiger partial charge in [0.2, 0.25) is 0 Å². The van der Waals surface area contributed by atoms with Gasteiger partial charge in [0.05, 0.1) is 231 Å². The summed E-state index contributed by atoms with van der Waals surface area (Å²) in [5.41, 5.74) is 0. The van der Waals surface area contributed by atoms with Crippen LogP contribution in [0.1, 0.15) is 185 Å². The third-order valence-electron chi connectivity index (χ3n) is 10.5. The Bertz CT molecular complexity index is 1420. The molecular weight excluding hydrogens is 1690 g/mol. The first-order chi connectivity index (χ1) is 55.7. The molecule has 0 saturated heterocycles. The SMILES string of the molecule is CC(=O)O.CCC(=O)O.CCCC(=O)O.CCCCN(OCCO)OCCO.CCCCN(OCCO)OCCO.CCCCN(OCCO)OCCO.CCCCN(OCCO)OCCO.CCCCN(OCCO)OCCO.CCCCN(OCCO)OCCO.CCCCN(OCCO)OCCO.I.O=C(O)CC(=O)O.O=CO. The molecule has 0 aliphatic heterocycles. The molecule has 0 saturated carbocycles. The monoisotopic (exact) mass is 1850 g/mol. The van der Waals surface area contributed by atoms with Crippen LogP contribution < -0.4 is 0 Å². The number of unbranched alkanes of at least 4 members (excludes halogenated alkanes) is 7. The van der Waals surface area contributed by atoms with Gasteiger partial charge in [0.15, 0.2) is 0 Å². The van der Waals surface area contributed by atoms with Crippen molar-refractivity contribution in [2.75, 3.05) is 231 Å². The van der Waals surface area contributed by atoms with E-state index in [4.69, 9.17) is 179 Å². The molecule has 0 aromatic carbocycles. The van der Waals surface area contributed by atoms with Gasteiger partial charge >= 0.3 is 23.9 Å². The summed E-state index contributed by atoms with van der Waals surface area (Å²) in [5, 5.41) is 174. The minimum atomic E-state index is -1.31. The lowest BCUT2D eigenvalue weighted by atomic mass is 10.3. The lowest BCUT2D eigenvalue weighted by Crippen LogP contribution is -2.28. The fraction of sp³-hybridized carbons (Fsp3) is 0.913. The largest absolute Gasteiger partial charge is 0.483 e. The number of carboxylic acid groups (broad SMARTS) is 6. The minimum absolute atomic E-state index is 0. The van der Waals surface area contributed by atoms with E-state index in [9.17, 15) is 19.2 Å². The van der Waals surface area contributed by atoms with Crippen LogP contribution in [0.15, 0.2) is 0 Å². The molecule has 0 heterocycles. The Hall–Kier alpha value is -3.85. The Morgan fingerprint density at radius 3 is 0.402 bits per heavy atom. The van der Waals surface area contributed by atoms with Crippen LogP contribution in [-0.4, -0.2) is 406 Å². The highest BCUT2D eigenvalue weighted by atomic mass is 127. The molecule has 117 heavy (non-hydrogen) atoms. The summed E-state index contributed by atoms with van der Waals surface area (Å²) in [5.74, 6) is -4.91. The second-order valence-corrected chi connectivity index (χ2v) is 21.1. The summed E-state index contributed by atoms with van der Waals surface area (Å²) >= 11 is 0. The van der Waals surface area contributed by atoms with Gasteiger partial charge in [0, 0.05) is 19.8 Å². The first-order valence-electron chi connectivity index (χ1n) is 38.6. The number of rotatable bonds is 68. The fourth-order valence-electron chi connectivity index (χ4n) is 5.52. The Kier molecular flexibility index (Phi) is 168. The number of carboxylic acids is 5. The van der Waals surface area contributed by atoms with Crippen LogP contribution >= 0.6 is 24.0 Å². The fourth-order valence-corrected chi connectivity index (χ4v) is 5.52. The molecule has 0 amide bonds. The van der Waals surface area contributed by atoms with Gasteiger partial charge in [-0.05, 0) is 51.4 Å². The maximum Gasteiger partial charge on any atom is 0.314 e. The van der Waals surface area contributed by atoms with Gasteiger partial charge in [-0.15, -0.1) is 24.0 Å². The molecule has 0 spiro atoms. The van der Waals surface area contributed by atoms with Crippen molar-refractivity contribution in [2.45, 2.75) is 185 Å². The molecule has 0 unspecified atom stereocenters. The topological polar surface area (TPSA) is 659 Å². The van der Waals surface area contributed by atoms with Crippen LogP contribution in [-0.2, 0) is 96.5 Å². The Labute approximate surface area is 708 Å². The molecule has 0 fully saturated rings. The summed E-state index contributed by atoms with van der Waals surface area (Å²) in [6.07, 6.45) is 14.4. The van der Waals surface area contributed by atoms with Gasteiger partial charge in [-0.1, -0.05) is 144 Å². The number of halogens is 1. The van der Waals surface area contributed by atoms with E-state index >= 15 is 0 Å². The first-order valence-corrected chi connectivity index (χ1v) is 38.6. The number of aliphatic hydroxyl groups is 14. The number of nitrogens with zero attached hydrogens (tertiary/aromatic N) is 7. The van der Waals surface area contributed by atoms with Gasteiger partial charge in [-0.25, -0.2) is 0 Å². The summed E-state index contributed by atoms with van der Waals surface area (Å²) in [4.78, 5) is 126. The molecule has 20 N–H and O–H groups in total. The van der Waals surface area contributed by atoms with E-state index in [0.717, 1.165) is 103 Å². The predicted octanol–water partition coefficient (Wildman–Crippen LogP) is 0.862. The van der Waals surface area contributed by atoms with E-state index in [1.54, 1.807) is 6.92 Å². The van der Waals surface area contributed by atoms with Crippen LogP contribution in [0.5, 0.6) is 0 Å². The van der Waals surface area contributed by atoms with Crippen molar-refractivity contribution in [2.24, 2.45) is 0 Å². The van der Waals surface area contributed by atoms with E-state index in [2.05, 4.69) is 48.5 Å². The van der Waals surface area contributed by atoms with E-state index < -0.39 is 36.3 Å². The standard InChI is InChI=1S/7C8H19NO4.C4H8O2.C3H4O4.C3H6O2.C2H4O2.CH2O2.HI/c7*1-2-3-4-9(12-7-5-10)13-8-6-11;1-2-3-4(5)6;4-2(5)1-3(6)7;1-2-3(4)5;1-2(3)4;2-1-3;/h7*10-11H,2-8H2,1H3;2-3H2,1H3,(H,5,6);1H2,(H,4,5)(H,6,7);2H2,1H3,(H,4,5);1H3,(H,3,4);1H,(H,2,3);1H. The van der Waals surface area contributed by atoms with Crippen LogP contribution in [0, 0.1) is 0 Å².